The minimum absolute atomic E-state index is 0. The summed E-state index contributed by atoms with van der Waals surface area (Å²) in [5.41, 5.74) is -1.05. The molecule has 1 aliphatic heterocycles. The maximum atomic E-state index is 12.4. The number of halogens is 2. The van der Waals surface area contributed by atoms with Crippen molar-refractivity contribution in [2.75, 3.05) is 26.8 Å². The number of hydrogen-bond acceptors (Lipinski definition) is 6. The molecule has 136 valence electrons. The Labute approximate surface area is 151 Å². The molecule has 1 aromatic rings. The van der Waals surface area contributed by atoms with Crippen molar-refractivity contribution in [1.82, 2.24) is 10.0 Å². The van der Waals surface area contributed by atoms with Gasteiger partial charge in [-0.05, 0) is 31.5 Å². The van der Waals surface area contributed by atoms with Crippen LogP contribution in [0, 0.1) is 10.1 Å². The van der Waals surface area contributed by atoms with Gasteiger partial charge in [-0.3, -0.25) is 10.1 Å². The summed E-state index contributed by atoms with van der Waals surface area (Å²) in [5.74, 6) is 0. The SMILES string of the molecule is COCC1(CNS(=O)(=O)c2ccc(Cl)cc2[N+](=O)[O-])CCCN1.Cl. The van der Waals surface area contributed by atoms with Crippen LogP contribution < -0.4 is 10.0 Å². The second-order valence-electron chi connectivity index (χ2n) is 5.44. The van der Waals surface area contributed by atoms with Crippen molar-refractivity contribution in [3.63, 3.8) is 0 Å². The predicted molar refractivity (Wildman–Crippen MR) is 92.4 cm³/mol. The number of methoxy groups -OCH3 is 1. The third-order valence-electron chi connectivity index (χ3n) is 3.76. The highest BCUT2D eigenvalue weighted by Crippen LogP contribution is 2.27. The minimum Gasteiger partial charge on any atom is -0.383 e. The van der Waals surface area contributed by atoms with Gasteiger partial charge in [0.1, 0.15) is 0 Å². The summed E-state index contributed by atoms with van der Waals surface area (Å²) in [5, 5.41) is 14.4. The summed E-state index contributed by atoms with van der Waals surface area (Å²) < 4.78 is 32.5. The number of nitro groups is 1. The van der Waals surface area contributed by atoms with Gasteiger partial charge in [-0.15, -0.1) is 12.4 Å². The van der Waals surface area contributed by atoms with Crippen molar-refractivity contribution >= 4 is 39.7 Å². The molecule has 0 amide bonds. The van der Waals surface area contributed by atoms with E-state index in [0.717, 1.165) is 31.5 Å². The molecule has 0 radical (unpaired) electrons. The first-order valence-electron chi connectivity index (χ1n) is 6.97. The van der Waals surface area contributed by atoms with E-state index in [1.807, 2.05) is 0 Å². The first-order chi connectivity index (χ1) is 10.8. The Kier molecular flexibility index (Phi) is 7.39. The maximum Gasteiger partial charge on any atom is 0.290 e. The van der Waals surface area contributed by atoms with Crippen molar-refractivity contribution in [2.24, 2.45) is 0 Å². The number of nitrogens with zero attached hydrogens (tertiary/aromatic N) is 1. The first-order valence-corrected chi connectivity index (χ1v) is 8.83. The van der Waals surface area contributed by atoms with Crippen LogP contribution in [0.2, 0.25) is 5.02 Å². The van der Waals surface area contributed by atoms with Crippen LogP contribution in [0.3, 0.4) is 0 Å². The van der Waals surface area contributed by atoms with Gasteiger partial charge < -0.3 is 10.1 Å². The molecule has 1 fully saturated rings. The second-order valence-corrected chi connectivity index (χ2v) is 7.61. The molecule has 1 heterocycles. The molecule has 1 aromatic carbocycles. The largest absolute Gasteiger partial charge is 0.383 e. The Hall–Kier alpha value is -0.970. The quantitative estimate of drug-likeness (QED) is 0.533. The molecule has 1 saturated heterocycles. The van der Waals surface area contributed by atoms with Gasteiger partial charge in [0, 0.05) is 24.7 Å². The lowest BCUT2D eigenvalue weighted by atomic mass is 9.99. The number of ether oxygens (including phenoxy) is 1. The topological polar surface area (TPSA) is 111 Å². The molecule has 0 saturated carbocycles. The van der Waals surface area contributed by atoms with Crippen molar-refractivity contribution in [3.05, 3.63) is 33.3 Å². The molecule has 2 rings (SSSR count). The van der Waals surface area contributed by atoms with E-state index < -0.39 is 31.1 Å². The van der Waals surface area contributed by atoms with Crippen LogP contribution in [-0.4, -0.2) is 45.7 Å². The van der Waals surface area contributed by atoms with Crippen LogP contribution in [0.25, 0.3) is 0 Å². The Morgan fingerprint density at radius 1 is 1.50 bits per heavy atom. The third-order valence-corrected chi connectivity index (χ3v) is 5.44. The minimum atomic E-state index is -4.04. The zero-order chi connectivity index (χ0) is 17.1. The molecule has 1 unspecified atom stereocenters. The summed E-state index contributed by atoms with van der Waals surface area (Å²) >= 11 is 5.71. The molecular formula is C13H19Cl2N3O5S. The molecule has 0 aromatic heterocycles. The Morgan fingerprint density at radius 2 is 2.21 bits per heavy atom. The Bertz CT molecular complexity index is 693. The van der Waals surface area contributed by atoms with Crippen molar-refractivity contribution in [3.8, 4) is 0 Å². The van der Waals surface area contributed by atoms with Crippen LogP contribution in [0.5, 0.6) is 0 Å². The van der Waals surface area contributed by atoms with Gasteiger partial charge in [0.05, 0.1) is 17.1 Å². The van der Waals surface area contributed by atoms with E-state index in [4.69, 9.17) is 16.3 Å². The lowest BCUT2D eigenvalue weighted by Gasteiger charge is -2.28. The fourth-order valence-corrected chi connectivity index (χ4v) is 4.09. The summed E-state index contributed by atoms with van der Waals surface area (Å²) in [6.07, 6.45) is 1.66. The first kappa shape index (κ1) is 21.1. The van der Waals surface area contributed by atoms with Gasteiger partial charge in [0.15, 0.2) is 4.90 Å². The van der Waals surface area contributed by atoms with Gasteiger partial charge in [-0.25, -0.2) is 13.1 Å². The number of rotatable bonds is 7. The van der Waals surface area contributed by atoms with E-state index >= 15 is 0 Å². The smallest absolute Gasteiger partial charge is 0.290 e. The fraction of sp³-hybridized carbons (Fsp3) is 0.538. The van der Waals surface area contributed by atoms with Crippen molar-refractivity contribution in [1.29, 1.82) is 0 Å². The number of benzene rings is 1. The molecule has 1 atom stereocenters. The molecule has 0 aliphatic carbocycles. The predicted octanol–water partition coefficient (Wildman–Crippen LogP) is 1.72. The Balaban J connectivity index is 0.00000288. The average molecular weight is 400 g/mol. The van der Waals surface area contributed by atoms with E-state index in [9.17, 15) is 18.5 Å². The molecule has 24 heavy (non-hydrogen) atoms. The second kappa shape index (κ2) is 8.41. The summed E-state index contributed by atoms with van der Waals surface area (Å²) in [6.45, 7) is 1.20. The van der Waals surface area contributed by atoms with E-state index in [1.54, 1.807) is 7.11 Å². The van der Waals surface area contributed by atoms with Crippen LogP contribution in [0.1, 0.15) is 12.8 Å². The van der Waals surface area contributed by atoms with Crippen LogP contribution in [-0.2, 0) is 14.8 Å². The van der Waals surface area contributed by atoms with Crippen molar-refractivity contribution < 1.29 is 18.1 Å². The fourth-order valence-electron chi connectivity index (χ4n) is 2.64. The summed E-state index contributed by atoms with van der Waals surface area (Å²) in [4.78, 5) is 9.90. The van der Waals surface area contributed by atoms with Gasteiger partial charge >= 0.3 is 0 Å². The van der Waals surface area contributed by atoms with E-state index in [1.165, 1.54) is 6.07 Å². The van der Waals surface area contributed by atoms with Gasteiger partial charge in [0.2, 0.25) is 10.0 Å². The van der Waals surface area contributed by atoms with E-state index in [2.05, 4.69) is 10.0 Å². The average Bonchev–Trinajstić information content (AvgIpc) is 2.94. The molecule has 0 spiro atoms. The number of sulfonamides is 1. The van der Waals surface area contributed by atoms with E-state index in [0.29, 0.717) is 6.61 Å². The van der Waals surface area contributed by atoms with Crippen LogP contribution in [0.15, 0.2) is 23.1 Å². The highest BCUT2D eigenvalue weighted by molar-refractivity contribution is 7.89. The van der Waals surface area contributed by atoms with Gasteiger partial charge in [-0.1, -0.05) is 11.6 Å². The van der Waals surface area contributed by atoms with Crippen LogP contribution in [0.4, 0.5) is 5.69 Å². The number of hydrogen-bond donors (Lipinski definition) is 2. The van der Waals surface area contributed by atoms with Crippen LogP contribution >= 0.6 is 24.0 Å². The zero-order valence-corrected chi connectivity index (χ0v) is 15.3. The van der Waals surface area contributed by atoms with Gasteiger partial charge in [0.25, 0.3) is 5.69 Å². The zero-order valence-electron chi connectivity index (χ0n) is 13.0. The molecule has 0 bridgehead atoms. The molecule has 8 nitrogen and oxygen atoms in total. The van der Waals surface area contributed by atoms with Crippen molar-refractivity contribution in [2.45, 2.75) is 23.3 Å². The van der Waals surface area contributed by atoms with Gasteiger partial charge in [-0.2, -0.15) is 0 Å². The summed E-state index contributed by atoms with van der Waals surface area (Å²) in [6, 6.07) is 3.46. The van der Waals surface area contributed by atoms with E-state index in [-0.39, 0.29) is 24.0 Å². The third kappa shape index (κ3) is 4.78. The normalized spacial score (nSPS) is 20.6. The lowest BCUT2D eigenvalue weighted by molar-refractivity contribution is -0.387. The molecular weight excluding hydrogens is 381 g/mol. The maximum absolute atomic E-state index is 12.4. The number of nitro benzene ring substituents is 1. The monoisotopic (exact) mass is 399 g/mol. The molecule has 1 aliphatic rings. The number of nitrogens with one attached hydrogen (secondary N) is 2. The molecule has 2 N–H and O–H groups in total. The standard InChI is InChI=1S/C13H18ClN3O5S.ClH/c1-22-9-13(5-2-6-15-13)8-16-23(20,21)12-4-3-10(14)7-11(12)17(18)19;/h3-4,7,15-16H,2,5-6,8-9H2,1H3;1H. The highest BCUT2D eigenvalue weighted by atomic mass is 35.5. The summed E-state index contributed by atoms with van der Waals surface area (Å²) in [7, 11) is -2.50. The molecule has 11 heteroatoms. The highest BCUT2D eigenvalue weighted by Gasteiger charge is 2.36. The lowest BCUT2D eigenvalue weighted by Crippen LogP contribution is -2.52. The Morgan fingerprint density at radius 3 is 2.75 bits per heavy atom.